The molecule has 3 atom stereocenters. The van der Waals surface area contributed by atoms with Crippen LogP contribution in [-0.2, 0) is 4.79 Å². The first-order valence-electron chi connectivity index (χ1n) is 4.63. The van der Waals surface area contributed by atoms with Gasteiger partial charge in [-0.05, 0) is 20.3 Å². The highest BCUT2D eigenvalue weighted by Gasteiger charge is 2.30. The highest BCUT2D eigenvalue weighted by Crippen LogP contribution is 2.20. The molecule has 0 aromatic heterocycles. The second-order valence-corrected chi connectivity index (χ2v) is 4.34. The largest absolute Gasteiger partial charge is 0.393 e. The summed E-state index contributed by atoms with van der Waals surface area (Å²) < 4.78 is 0. The fraction of sp³-hybridized carbons (Fsp3) is 0.889. The molecule has 1 fully saturated rings. The highest BCUT2D eigenvalue weighted by molar-refractivity contribution is 6.30. The minimum atomic E-state index is -0.451. The topological polar surface area (TPSA) is 40.5 Å². The van der Waals surface area contributed by atoms with E-state index in [1.54, 1.807) is 18.7 Å². The van der Waals surface area contributed by atoms with Crippen LogP contribution in [-0.4, -0.2) is 40.5 Å². The molecular weight excluding hydrogens is 190 g/mol. The molecule has 0 aliphatic carbocycles. The summed E-state index contributed by atoms with van der Waals surface area (Å²) in [6.07, 6.45) is 0.552. The number of carbonyl (C=O) groups excluding carboxylic acids is 1. The van der Waals surface area contributed by atoms with Crippen LogP contribution in [0, 0.1) is 5.92 Å². The Kier molecular flexibility index (Phi) is 3.56. The van der Waals surface area contributed by atoms with Crippen molar-refractivity contribution in [1.82, 2.24) is 4.90 Å². The van der Waals surface area contributed by atoms with Crippen LogP contribution in [0.4, 0.5) is 0 Å². The van der Waals surface area contributed by atoms with E-state index in [0.717, 1.165) is 13.0 Å². The third-order valence-corrected chi connectivity index (χ3v) is 2.75. The lowest BCUT2D eigenvalue weighted by Crippen LogP contribution is -2.34. The summed E-state index contributed by atoms with van der Waals surface area (Å²) in [5, 5.41) is 8.87. The van der Waals surface area contributed by atoms with Crippen LogP contribution < -0.4 is 0 Å². The second kappa shape index (κ2) is 4.29. The van der Waals surface area contributed by atoms with Gasteiger partial charge >= 0.3 is 0 Å². The summed E-state index contributed by atoms with van der Waals surface area (Å²) in [6, 6.07) is 0. The highest BCUT2D eigenvalue weighted by atomic mass is 35.5. The number of hydrogen-bond donors (Lipinski definition) is 1. The molecule has 0 aromatic rings. The normalized spacial score (nSPS) is 27.4. The van der Waals surface area contributed by atoms with E-state index in [4.69, 9.17) is 11.6 Å². The summed E-state index contributed by atoms with van der Waals surface area (Å²) in [5.41, 5.74) is 0. The van der Waals surface area contributed by atoms with E-state index < -0.39 is 5.38 Å². The molecule has 1 heterocycles. The Morgan fingerprint density at radius 3 is 2.62 bits per heavy atom. The molecule has 1 rings (SSSR count). The molecular formula is C9H16ClNO2. The van der Waals surface area contributed by atoms with E-state index in [0.29, 0.717) is 6.54 Å². The smallest absolute Gasteiger partial charge is 0.240 e. The number of amides is 1. The predicted molar refractivity (Wildman–Crippen MR) is 51.7 cm³/mol. The Morgan fingerprint density at radius 1 is 1.62 bits per heavy atom. The Labute approximate surface area is 83.7 Å². The van der Waals surface area contributed by atoms with Crippen LogP contribution >= 0.6 is 11.6 Å². The van der Waals surface area contributed by atoms with Crippen LogP contribution in [0.2, 0.25) is 0 Å². The molecule has 4 heteroatoms. The standard InChI is InChI=1S/C9H16ClNO2/c1-6(10)9(13)11-4-3-8(5-11)7(2)12/h6-8,12H,3-5H2,1-2H3. The van der Waals surface area contributed by atoms with Crippen LogP contribution in [0.15, 0.2) is 0 Å². The molecule has 1 aliphatic rings. The van der Waals surface area contributed by atoms with Crippen LogP contribution in [0.5, 0.6) is 0 Å². The fourth-order valence-electron chi connectivity index (χ4n) is 1.63. The third-order valence-electron chi connectivity index (χ3n) is 2.56. The van der Waals surface area contributed by atoms with Gasteiger partial charge in [0.05, 0.1) is 6.10 Å². The van der Waals surface area contributed by atoms with Crippen molar-refractivity contribution < 1.29 is 9.90 Å². The number of alkyl halides is 1. The molecule has 0 bridgehead atoms. The predicted octanol–water partition coefficient (Wildman–Crippen LogP) is 0.843. The molecule has 3 unspecified atom stereocenters. The van der Waals surface area contributed by atoms with Crippen LogP contribution in [0.1, 0.15) is 20.3 Å². The second-order valence-electron chi connectivity index (χ2n) is 3.69. The van der Waals surface area contributed by atoms with Crippen molar-refractivity contribution in [3.05, 3.63) is 0 Å². The zero-order chi connectivity index (χ0) is 10.0. The molecule has 0 radical (unpaired) electrons. The van der Waals surface area contributed by atoms with Crippen LogP contribution in [0.25, 0.3) is 0 Å². The average Bonchev–Trinajstić information content (AvgIpc) is 2.50. The van der Waals surface area contributed by atoms with Gasteiger partial charge in [0.1, 0.15) is 5.38 Å². The van der Waals surface area contributed by atoms with E-state index in [1.165, 1.54) is 0 Å². The first-order valence-corrected chi connectivity index (χ1v) is 5.07. The first-order chi connectivity index (χ1) is 6.02. The maximum Gasteiger partial charge on any atom is 0.240 e. The molecule has 1 amide bonds. The molecule has 1 aliphatic heterocycles. The van der Waals surface area contributed by atoms with E-state index in [9.17, 15) is 9.90 Å². The quantitative estimate of drug-likeness (QED) is 0.679. The van der Waals surface area contributed by atoms with E-state index in [-0.39, 0.29) is 17.9 Å². The van der Waals surface area contributed by atoms with Crippen molar-refractivity contribution in [1.29, 1.82) is 0 Å². The lowest BCUT2D eigenvalue weighted by atomic mass is 10.0. The number of carbonyl (C=O) groups is 1. The number of likely N-dealkylation sites (tertiary alicyclic amines) is 1. The van der Waals surface area contributed by atoms with Gasteiger partial charge in [-0.25, -0.2) is 0 Å². The molecule has 0 aromatic carbocycles. The Bertz CT molecular complexity index is 194. The zero-order valence-corrected chi connectivity index (χ0v) is 8.79. The van der Waals surface area contributed by atoms with E-state index in [1.807, 2.05) is 0 Å². The van der Waals surface area contributed by atoms with Crippen molar-refractivity contribution >= 4 is 17.5 Å². The SMILES string of the molecule is CC(Cl)C(=O)N1CCC(C(C)O)C1. The van der Waals surface area contributed by atoms with Crippen molar-refractivity contribution in [3.8, 4) is 0 Å². The summed E-state index contributed by atoms with van der Waals surface area (Å²) >= 11 is 5.68. The Hall–Kier alpha value is -0.280. The van der Waals surface area contributed by atoms with Gasteiger partial charge in [-0.2, -0.15) is 0 Å². The molecule has 0 saturated carbocycles. The first kappa shape index (κ1) is 10.8. The third kappa shape index (κ3) is 2.58. The van der Waals surface area contributed by atoms with Crippen molar-refractivity contribution in [3.63, 3.8) is 0 Å². The zero-order valence-electron chi connectivity index (χ0n) is 8.03. The molecule has 76 valence electrons. The van der Waals surface area contributed by atoms with Gasteiger partial charge in [-0.1, -0.05) is 0 Å². The number of nitrogens with zero attached hydrogens (tertiary/aromatic N) is 1. The van der Waals surface area contributed by atoms with E-state index in [2.05, 4.69) is 0 Å². The number of aliphatic hydroxyl groups excluding tert-OH is 1. The molecule has 1 N–H and O–H groups in total. The van der Waals surface area contributed by atoms with Crippen LogP contribution in [0.3, 0.4) is 0 Å². The average molecular weight is 206 g/mol. The number of rotatable bonds is 2. The van der Waals surface area contributed by atoms with Gasteiger partial charge in [0, 0.05) is 19.0 Å². The minimum Gasteiger partial charge on any atom is -0.393 e. The van der Waals surface area contributed by atoms with Crippen molar-refractivity contribution in [2.24, 2.45) is 5.92 Å². The molecule has 1 saturated heterocycles. The van der Waals surface area contributed by atoms with Crippen molar-refractivity contribution in [2.75, 3.05) is 13.1 Å². The van der Waals surface area contributed by atoms with Gasteiger partial charge in [-0.15, -0.1) is 11.6 Å². The van der Waals surface area contributed by atoms with Gasteiger partial charge in [0.2, 0.25) is 5.91 Å². The van der Waals surface area contributed by atoms with Gasteiger partial charge in [0.25, 0.3) is 0 Å². The summed E-state index contributed by atoms with van der Waals surface area (Å²) in [4.78, 5) is 13.2. The molecule has 13 heavy (non-hydrogen) atoms. The Balaban J connectivity index is 2.45. The molecule has 3 nitrogen and oxygen atoms in total. The monoisotopic (exact) mass is 205 g/mol. The van der Waals surface area contributed by atoms with E-state index >= 15 is 0 Å². The lowest BCUT2D eigenvalue weighted by Gasteiger charge is -2.18. The number of hydrogen-bond acceptors (Lipinski definition) is 2. The number of aliphatic hydroxyl groups is 1. The minimum absolute atomic E-state index is 0.0233. The fourth-order valence-corrected chi connectivity index (χ4v) is 1.77. The summed E-state index contributed by atoms with van der Waals surface area (Å²) in [7, 11) is 0. The summed E-state index contributed by atoms with van der Waals surface area (Å²) in [5.74, 6) is 0.198. The van der Waals surface area contributed by atoms with Gasteiger partial charge in [-0.3, -0.25) is 4.79 Å². The number of halogens is 1. The van der Waals surface area contributed by atoms with Gasteiger partial charge in [0.15, 0.2) is 0 Å². The summed E-state index contributed by atoms with van der Waals surface area (Å²) in [6.45, 7) is 4.82. The maximum absolute atomic E-state index is 11.4. The maximum atomic E-state index is 11.4. The van der Waals surface area contributed by atoms with Crippen molar-refractivity contribution in [2.45, 2.75) is 31.7 Å². The lowest BCUT2D eigenvalue weighted by molar-refractivity contribution is -0.129. The molecule has 0 spiro atoms. The van der Waals surface area contributed by atoms with Gasteiger partial charge < -0.3 is 10.0 Å². The Morgan fingerprint density at radius 2 is 2.23 bits per heavy atom.